The molecule has 90 valence electrons. The lowest BCUT2D eigenvalue weighted by atomic mass is 9.54. The average Bonchev–Trinajstić information content (AvgIpc) is 3.00. The van der Waals surface area contributed by atoms with Gasteiger partial charge in [-0.3, -0.25) is 0 Å². The fourth-order valence-corrected chi connectivity index (χ4v) is 4.21. The highest BCUT2D eigenvalue weighted by atomic mass is 16.7. The van der Waals surface area contributed by atoms with E-state index in [1.54, 1.807) is 0 Å². The summed E-state index contributed by atoms with van der Waals surface area (Å²) in [5.74, 6) is 1.28. The van der Waals surface area contributed by atoms with Crippen LogP contribution in [0.5, 0.6) is 0 Å². The predicted octanol–water partition coefficient (Wildman–Crippen LogP) is 2.29. The van der Waals surface area contributed by atoms with Crippen molar-refractivity contribution in [3.63, 3.8) is 0 Å². The van der Waals surface area contributed by atoms with Crippen LogP contribution in [0, 0.1) is 11.8 Å². The maximum atomic E-state index is 11.9. The van der Waals surface area contributed by atoms with Crippen molar-refractivity contribution in [3.8, 4) is 0 Å². The number of fused-ring (bicyclic) bond motifs is 2. The molecule has 0 bridgehead atoms. The van der Waals surface area contributed by atoms with Gasteiger partial charge in [-0.2, -0.15) is 0 Å². The van der Waals surface area contributed by atoms with Crippen LogP contribution in [-0.2, 0) is 14.3 Å². The van der Waals surface area contributed by atoms with Crippen LogP contribution in [0.4, 0.5) is 0 Å². The summed E-state index contributed by atoms with van der Waals surface area (Å²) in [5.41, 5.74) is -0.708. The van der Waals surface area contributed by atoms with Gasteiger partial charge in [0.1, 0.15) is 5.60 Å². The summed E-state index contributed by atoms with van der Waals surface area (Å²) in [6, 6.07) is 0. The van der Waals surface area contributed by atoms with Crippen molar-refractivity contribution >= 4 is 5.97 Å². The second-order valence-corrected chi connectivity index (χ2v) is 5.52. The largest absolute Gasteiger partial charge is 0.467 e. The first-order valence-corrected chi connectivity index (χ1v) is 6.49. The molecule has 0 radical (unpaired) electrons. The van der Waals surface area contributed by atoms with Crippen LogP contribution in [0.3, 0.4) is 0 Å². The summed E-state index contributed by atoms with van der Waals surface area (Å²) in [6.07, 6.45) is 7.06. The predicted molar refractivity (Wildman–Crippen MR) is 58.9 cm³/mol. The van der Waals surface area contributed by atoms with Gasteiger partial charge >= 0.3 is 5.97 Å². The second kappa shape index (κ2) is 3.22. The summed E-state index contributed by atoms with van der Waals surface area (Å²) in [7, 11) is 1.46. The van der Waals surface area contributed by atoms with Crippen molar-refractivity contribution in [3.05, 3.63) is 0 Å². The van der Waals surface area contributed by atoms with Gasteiger partial charge in [0, 0.05) is 0 Å². The van der Waals surface area contributed by atoms with Gasteiger partial charge in [0.05, 0.1) is 7.11 Å². The highest BCUT2D eigenvalue weighted by molar-refractivity contribution is 5.85. The Morgan fingerprint density at radius 3 is 2.81 bits per heavy atom. The topological polar surface area (TPSA) is 38.8 Å². The highest BCUT2D eigenvalue weighted by Gasteiger charge is 2.82. The highest BCUT2D eigenvalue weighted by Crippen LogP contribution is 2.70. The molecule has 4 unspecified atom stereocenters. The van der Waals surface area contributed by atoms with Gasteiger partial charge in [-0.25, -0.2) is 4.79 Å². The number of methoxy groups -OCH3 is 1. The summed E-state index contributed by atoms with van der Waals surface area (Å²) < 4.78 is 10.8. The molecule has 0 aromatic heterocycles. The molecule has 1 aliphatic heterocycles. The Labute approximate surface area is 96.5 Å². The number of rotatable bonds is 2. The molecule has 3 aliphatic rings. The molecule has 1 heterocycles. The van der Waals surface area contributed by atoms with Gasteiger partial charge in [0.15, 0.2) is 5.60 Å². The first-order chi connectivity index (χ1) is 7.70. The molecule has 16 heavy (non-hydrogen) atoms. The van der Waals surface area contributed by atoms with Gasteiger partial charge in [0.25, 0.3) is 0 Å². The van der Waals surface area contributed by atoms with Crippen LogP contribution in [-0.4, -0.2) is 24.3 Å². The van der Waals surface area contributed by atoms with Crippen LogP contribution < -0.4 is 0 Å². The lowest BCUT2D eigenvalue weighted by Gasteiger charge is -2.47. The van der Waals surface area contributed by atoms with E-state index in [2.05, 4.69) is 0 Å². The van der Waals surface area contributed by atoms with E-state index in [-0.39, 0.29) is 11.6 Å². The normalized spacial score (nSPS) is 49.4. The number of epoxide rings is 1. The van der Waals surface area contributed by atoms with Crippen LogP contribution in [0.2, 0.25) is 0 Å². The zero-order chi connectivity index (χ0) is 11.4. The van der Waals surface area contributed by atoms with Crippen LogP contribution >= 0.6 is 0 Å². The van der Waals surface area contributed by atoms with Gasteiger partial charge in [-0.1, -0.05) is 19.8 Å². The summed E-state index contributed by atoms with van der Waals surface area (Å²) in [5, 5.41) is 0. The number of hydrogen-bond donors (Lipinski definition) is 0. The first-order valence-electron chi connectivity index (χ1n) is 6.49. The Balaban J connectivity index is 1.80. The Bertz CT molecular complexity index is 327. The monoisotopic (exact) mass is 224 g/mol. The molecular weight excluding hydrogens is 204 g/mol. The van der Waals surface area contributed by atoms with E-state index >= 15 is 0 Å². The molecule has 3 rings (SSSR count). The third kappa shape index (κ3) is 1.01. The van der Waals surface area contributed by atoms with E-state index in [0.29, 0.717) is 5.92 Å². The van der Waals surface area contributed by atoms with E-state index in [4.69, 9.17) is 9.47 Å². The molecule has 0 aromatic rings. The van der Waals surface area contributed by atoms with Crippen molar-refractivity contribution in [2.75, 3.05) is 7.11 Å². The minimum Gasteiger partial charge on any atom is -0.467 e. The van der Waals surface area contributed by atoms with E-state index in [1.165, 1.54) is 32.8 Å². The van der Waals surface area contributed by atoms with Crippen molar-refractivity contribution in [2.24, 2.45) is 11.8 Å². The summed E-state index contributed by atoms with van der Waals surface area (Å²) in [4.78, 5) is 11.9. The molecule has 2 aliphatic carbocycles. The third-order valence-corrected chi connectivity index (χ3v) is 5.08. The standard InChI is InChI=1S/C13H20O3/c1-3-12(11(14)15-2)13(16-12)8-9-6-4-5-7-10(9)13/h9-10H,3-8H2,1-2H3. The molecule has 1 saturated heterocycles. The number of ether oxygens (including phenoxy) is 2. The van der Waals surface area contributed by atoms with Crippen LogP contribution in [0.25, 0.3) is 0 Å². The first kappa shape index (κ1) is 10.6. The summed E-state index contributed by atoms with van der Waals surface area (Å²) in [6.45, 7) is 2.03. The third-order valence-electron chi connectivity index (χ3n) is 5.08. The number of hydrogen-bond acceptors (Lipinski definition) is 3. The van der Waals surface area contributed by atoms with Gasteiger partial charge in [-0.15, -0.1) is 0 Å². The molecule has 3 heteroatoms. The van der Waals surface area contributed by atoms with Crippen LogP contribution in [0.1, 0.15) is 45.4 Å². The molecule has 3 fully saturated rings. The zero-order valence-electron chi connectivity index (χ0n) is 10.1. The van der Waals surface area contributed by atoms with E-state index < -0.39 is 5.60 Å². The quantitative estimate of drug-likeness (QED) is 0.533. The molecule has 0 amide bonds. The SMILES string of the molecule is CCC1(C(=O)OC)OC12CC1CCCCC12. The zero-order valence-corrected chi connectivity index (χ0v) is 10.1. The second-order valence-electron chi connectivity index (χ2n) is 5.52. The van der Waals surface area contributed by atoms with E-state index in [0.717, 1.165) is 18.8 Å². The van der Waals surface area contributed by atoms with Crippen molar-refractivity contribution in [1.29, 1.82) is 0 Å². The fourth-order valence-electron chi connectivity index (χ4n) is 4.21. The van der Waals surface area contributed by atoms with Gasteiger partial charge in [-0.05, 0) is 37.5 Å². The smallest absolute Gasteiger partial charge is 0.341 e. The number of carbonyl (C=O) groups excluding carboxylic acids is 1. The lowest BCUT2D eigenvalue weighted by Crippen LogP contribution is -2.53. The molecule has 1 spiro atoms. The average molecular weight is 224 g/mol. The lowest BCUT2D eigenvalue weighted by molar-refractivity contribution is -0.147. The number of esters is 1. The van der Waals surface area contributed by atoms with Crippen molar-refractivity contribution in [1.82, 2.24) is 0 Å². The fraction of sp³-hybridized carbons (Fsp3) is 0.923. The van der Waals surface area contributed by atoms with Crippen molar-refractivity contribution < 1.29 is 14.3 Å². The number of carbonyl (C=O) groups is 1. The molecule has 4 atom stereocenters. The van der Waals surface area contributed by atoms with E-state index in [1.807, 2.05) is 6.92 Å². The molecular formula is C13H20O3. The van der Waals surface area contributed by atoms with E-state index in [9.17, 15) is 4.79 Å². The Kier molecular flexibility index (Phi) is 2.13. The van der Waals surface area contributed by atoms with Gasteiger partial charge in [0.2, 0.25) is 0 Å². The van der Waals surface area contributed by atoms with Crippen molar-refractivity contribution in [2.45, 2.75) is 56.7 Å². The maximum absolute atomic E-state index is 11.9. The maximum Gasteiger partial charge on any atom is 0.341 e. The molecule has 0 N–H and O–H groups in total. The molecule has 3 nitrogen and oxygen atoms in total. The Hall–Kier alpha value is -0.570. The Morgan fingerprint density at radius 2 is 2.19 bits per heavy atom. The molecule has 2 saturated carbocycles. The Morgan fingerprint density at radius 1 is 1.44 bits per heavy atom. The minimum absolute atomic E-state index is 0.125. The van der Waals surface area contributed by atoms with Gasteiger partial charge < -0.3 is 9.47 Å². The minimum atomic E-state index is -0.583. The molecule has 0 aromatic carbocycles. The van der Waals surface area contributed by atoms with Crippen LogP contribution in [0.15, 0.2) is 0 Å². The summed E-state index contributed by atoms with van der Waals surface area (Å²) >= 11 is 0.